The number of hydrogen-bond donors (Lipinski definition) is 1. The molecule has 0 spiro atoms. The van der Waals surface area contributed by atoms with Gasteiger partial charge in [0.25, 0.3) is 0 Å². The third kappa shape index (κ3) is 7.56. The molecule has 40 heavy (non-hydrogen) atoms. The van der Waals surface area contributed by atoms with Gasteiger partial charge in [-0.2, -0.15) is 0 Å². The third-order valence-electron chi connectivity index (χ3n) is 6.97. The Morgan fingerprint density at radius 1 is 1.12 bits per heavy atom. The Labute approximate surface area is 234 Å². The van der Waals surface area contributed by atoms with Gasteiger partial charge in [-0.1, -0.05) is 6.92 Å². The SMILES string of the molecule is CCCCOC(=O)N1CCN(C(=O)[C@H](C#P=O)NC(=O)c2cc([C@H]3C[C@@H]3COC)nc(-c3ccccc3)n2)CC1. The van der Waals surface area contributed by atoms with Crippen LogP contribution < -0.4 is 5.32 Å². The van der Waals surface area contributed by atoms with Gasteiger partial charge in [0, 0.05) is 0 Å². The summed E-state index contributed by atoms with van der Waals surface area (Å²) >= 11 is 0. The van der Waals surface area contributed by atoms with Gasteiger partial charge < -0.3 is 0 Å². The van der Waals surface area contributed by atoms with E-state index in [1.165, 1.54) is 4.90 Å². The fraction of sp³-hybridized carbons (Fsp3) is 0.500. The van der Waals surface area contributed by atoms with E-state index in [1.807, 2.05) is 37.3 Å². The van der Waals surface area contributed by atoms with Gasteiger partial charge in [-0.05, 0) is 0 Å². The van der Waals surface area contributed by atoms with Crippen molar-refractivity contribution in [1.29, 1.82) is 0 Å². The Morgan fingerprint density at radius 2 is 1.85 bits per heavy atom. The molecule has 12 heteroatoms. The molecule has 11 nitrogen and oxygen atoms in total. The molecule has 0 bridgehead atoms. The molecule has 0 radical (unpaired) electrons. The van der Waals surface area contributed by atoms with Crippen LogP contribution in [0.3, 0.4) is 0 Å². The van der Waals surface area contributed by atoms with Gasteiger partial charge in [0.2, 0.25) is 0 Å². The molecule has 212 valence electrons. The number of carbonyl (C=O) groups is 3. The van der Waals surface area contributed by atoms with E-state index in [0.29, 0.717) is 38.0 Å². The first-order valence-electron chi connectivity index (χ1n) is 13.5. The zero-order valence-corrected chi connectivity index (χ0v) is 23.6. The molecular weight excluding hydrogens is 533 g/mol. The van der Waals surface area contributed by atoms with Crippen molar-refractivity contribution in [3.63, 3.8) is 0 Å². The van der Waals surface area contributed by atoms with E-state index in [0.717, 1.165) is 30.5 Å². The molecule has 2 heterocycles. The first-order chi connectivity index (χ1) is 19.4. The normalized spacial score (nSPS) is 18.9. The average Bonchev–Trinajstić information content (AvgIpc) is 3.76. The number of unbranched alkanes of at least 4 members (excludes halogenated alkanes) is 1. The maximum absolute atomic E-state index is 13.4. The van der Waals surface area contributed by atoms with Crippen LogP contribution in [0.5, 0.6) is 0 Å². The molecule has 0 unspecified atom stereocenters. The minimum atomic E-state index is -1.25. The van der Waals surface area contributed by atoms with Crippen LogP contribution in [-0.4, -0.2) is 90.2 Å². The van der Waals surface area contributed by atoms with Gasteiger partial charge in [-0.3, -0.25) is 0 Å². The number of amides is 3. The first kappa shape index (κ1) is 29.5. The number of aromatic nitrogens is 2. The van der Waals surface area contributed by atoms with Crippen LogP contribution in [0.4, 0.5) is 4.79 Å². The van der Waals surface area contributed by atoms with E-state index in [1.54, 1.807) is 18.1 Å². The predicted molar refractivity (Wildman–Crippen MR) is 147 cm³/mol. The zero-order chi connectivity index (χ0) is 28.5. The molecule has 1 saturated heterocycles. The summed E-state index contributed by atoms with van der Waals surface area (Å²) < 4.78 is 22.0. The number of ether oxygens (including phenoxy) is 2. The van der Waals surface area contributed by atoms with Crippen molar-refractivity contribution >= 4 is 25.8 Å². The number of nitrogens with one attached hydrogen (secondary N) is 1. The summed E-state index contributed by atoms with van der Waals surface area (Å²) in [5.74, 6) is -0.186. The fourth-order valence-corrected chi connectivity index (χ4v) is 4.87. The molecule has 1 aliphatic carbocycles. The number of rotatable bonds is 10. The molecule has 2 aliphatic rings. The maximum atomic E-state index is 13.4. The second-order valence-corrected chi connectivity index (χ2v) is 10.3. The van der Waals surface area contributed by atoms with Gasteiger partial charge in [0.15, 0.2) is 0 Å². The summed E-state index contributed by atoms with van der Waals surface area (Å²) in [6.07, 6.45) is 2.21. The van der Waals surface area contributed by atoms with Crippen LogP contribution in [0, 0.1) is 11.5 Å². The Bertz CT molecular complexity index is 1310. The van der Waals surface area contributed by atoms with Crippen molar-refractivity contribution in [2.75, 3.05) is 46.5 Å². The number of nitrogens with zero attached hydrogens (tertiary/aromatic N) is 4. The van der Waals surface area contributed by atoms with Crippen LogP contribution in [0.2, 0.25) is 0 Å². The second kappa shape index (κ2) is 14.2. The van der Waals surface area contributed by atoms with Gasteiger partial charge in [-0.25, -0.2) is 0 Å². The number of benzene rings is 1. The summed E-state index contributed by atoms with van der Waals surface area (Å²) in [4.78, 5) is 51.1. The molecule has 1 aromatic carbocycles. The fourth-order valence-electron chi connectivity index (χ4n) is 4.59. The molecule has 1 N–H and O–H groups in total. The molecule has 2 fully saturated rings. The van der Waals surface area contributed by atoms with E-state index in [-0.39, 0.29) is 24.7 Å². The Hall–Kier alpha value is -3.52. The first-order valence-corrected chi connectivity index (χ1v) is 14.3. The number of methoxy groups -OCH3 is 1. The molecule has 1 aliphatic heterocycles. The number of piperazine rings is 1. The molecule has 1 aromatic heterocycles. The summed E-state index contributed by atoms with van der Waals surface area (Å²) in [5.41, 5.74) is 4.10. The minimum absolute atomic E-state index is 0.105. The standard InChI is InChI=1S/C28H34N5O6P/c1-3-4-14-39-28(36)33-12-10-32(11-13-33)27(35)24(18-40-37)31-26(34)23-16-22(21-15-20(21)17-38-2)29-25(30-23)19-8-6-5-7-9-19/h5-9,16,20-21,24H,3-4,10-15,17H2,1-2H3,(H,31,34)/t20-,21+,24+/m1/s1. The van der Waals surface area contributed by atoms with Crippen molar-refractivity contribution in [2.45, 2.75) is 38.1 Å². The van der Waals surface area contributed by atoms with E-state index in [4.69, 9.17) is 14.5 Å². The Kier molecular flexibility index (Phi) is 10.5. The molecule has 1 saturated carbocycles. The van der Waals surface area contributed by atoms with Gasteiger partial charge in [0.1, 0.15) is 0 Å². The average molecular weight is 568 g/mol. The summed E-state index contributed by atoms with van der Waals surface area (Å²) in [7, 11) is 1.14. The summed E-state index contributed by atoms with van der Waals surface area (Å²) in [6, 6.07) is 9.74. The van der Waals surface area contributed by atoms with Crippen molar-refractivity contribution in [1.82, 2.24) is 25.1 Å². The Morgan fingerprint density at radius 3 is 2.52 bits per heavy atom. The monoisotopic (exact) mass is 567 g/mol. The zero-order valence-electron chi connectivity index (χ0n) is 22.7. The van der Waals surface area contributed by atoms with Crippen molar-refractivity contribution in [3.8, 4) is 17.0 Å². The molecule has 4 rings (SSSR count). The molecule has 3 atom stereocenters. The van der Waals surface area contributed by atoms with Crippen molar-refractivity contribution in [3.05, 3.63) is 47.8 Å². The summed E-state index contributed by atoms with van der Waals surface area (Å²) in [5, 5.41) is 2.63. The van der Waals surface area contributed by atoms with E-state index < -0.39 is 31.9 Å². The van der Waals surface area contributed by atoms with Crippen LogP contribution in [-0.2, 0) is 18.8 Å². The van der Waals surface area contributed by atoms with Crippen molar-refractivity contribution in [2.24, 2.45) is 5.92 Å². The summed E-state index contributed by atoms with van der Waals surface area (Å²) in [6.45, 7) is 4.08. The van der Waals surface area contributed by atoms with E-state index in [2.05, 4.69) is 15.9 Å². The van der Waals surface area contributed by atoms with Crippen LogP contribution in [0.1, 0.15) is 48.3 Å². The Balaban J connectivity index is 1.46. The van der Waals surface area contributed by atoms with E-state index >= 15 is 0 Å². The van der Waals surface area contributed by atoms with Gasteiger partial charge in [0.05, 0.1) is 0 Å². The van der Waals surface area contributed by atoms with Crippen LogP contribution in [0.15, 0.2) is 36.4 Å². The van der Waals surface area contributed by atoms with Crippen LogP contribution >= 0.6 is 7.92 Å². The molecule has 2 aromatic rings. The van der Waals surface area contributed by atoms with E-state index in [9.17, 15) is 18.9 Å². The molecular formula is C28H34N5O6P. The molecule has 3 amide bonds. The quantitative estimate of drug-likeness (QED) is 0.342. The number of carbonyl (C=O) groups excluding carboxylic acids is 3. The van der Waals surface area contributed by atoms with Crippen LogP contribution in [0.25, 0.3) is 11.4 Å². The van der Waals surface area contributed by atoms with Crippen molar-refractivity contribution < 1.29 is 28.4 Å². The predicted octanol–water partition coefficient (Wildman–Crippen LogP) is 3.32. The second-order valence-electron chi connectivity index (χ2n) is 9.83. The third-order valence-corrected chi connectivity index (χ3v) is 7.33. The topological polar surface area (TPSA) is 131 Å². The number of hydrogen-bond acceptors (Lipinski definition) is 8. The van der Waals surface area contributed by atoms with Gasteiger partial charge >= 0.3 is 228 Å². The van der Waals surface area contributed by atoms with Gasteiger partial charge in [-0.15, -0.1) is 0 Å².